The number of ether oxygens (including phenoxy) is 1. The number of amides is 2. The first-order valence-corrected chi connectivity index (χ1v) is 21.0. The molecule has 2 amide bonds. The standard InChI is InChI=1S/C42H51FN4O6S/c1-4-46-36(30-13-10-8-11-14-30)26-44-40(46)53-34-23-35-37(48)25-42(39(50)45-54(51,52)41(3)17-18-41)24-32(42)16-12-7-5-6-9-15-31(38(49)47(35)27-34)21-29-19-28(2)20-33(43)22-29/h8,10-14,16,19-20,22,26,31-32,34-35H,4-7,9,15,17-18,21,23-25,27H2,1-3H3,(H,45,50)/p+1/b16-12-/t31-,32-,34-,35+,42-/m1/s1. The molecule has 4 aliphatic rings. The lowest BCUT2D eigenvalue weighted by Gasteiger charge is -2.29. The number of halogens is 1. The molecule has 2 N–H and O–H groups in total. The van der Waals surface area contributed by atoms with Gasteiger partial charge in [-0.3, -0.25) is 19.1 Å². The number of rotatable bonds is 9. The van der Waals surface area contributed by atoms with Gasteiger partial charge in [0.25, 0.3) is 0 Å². The Morgan fingerprint density at radius 1 is 1.11 bits per heavy atom. The maximum Gasteiger partial charge on any atom is 0.454 e. The Labute approximate surface area is 317 Å². The fourth-order valence-corrected chi connectivity index (χ4v) is 9.78. The Morgan fingerprint density at radius 3 is 2.61 bits per heavy atom. The highest BCUT2D eigenvalue weighted by atomic mass is 32.2. The van der Waals surface area contributed by atoms with E-state index in [9.17, 15) is 27.2 Å². The molecule has 7 rings (SSSR count). The van der Waals surface area contributed by atoms with Gasteiger partial charge in [0, 0.05) is 24.3 Å². The number of sulfonamides is 1. The van der Waals surface area contributed by atoms with Gasteiger partial charge in [-0.15, -0.1) is 0 Å². The minimum absolute atomic E-state index is 0.159. The van der Waals surface area contributed by atoms with Gasteiger partial charge in [0.1, 0.15) is 18.1 Å². The van der Waals surface area contributed by atoms with Crippen molar-refractivity contribution in [1.82, 2.24) is 14.6 Å². The van der Waals surface area contributed by atoms with Crippen molar-refractivity contribution in [1.29, 1.82) is 0 Å². The van der Waals surface area contributed by atoms with Gasteiger partial charge in [-0.1, -0.05) is 61.4 Å². The number of fused-ring (bicyclic) bond motifs is 2. The van der Waals surface area contributed by atoms with Crippen molar-refractivity contribution in [3.63, 3.8) is 0 Å². The number of hydrogen-bond donors (Lipinski definition) is 2. The predicted molar refractivity (Wildman–Crippen MR) is 202 cm³/mol. The summed E-state index contributed by atoms with van der Waals surface area (Å²) >= 11 is 0. The maximum atomic E-state index is 14.7. The van der Waals surface area contributed by atoms with E-state index in [4.69, 9.17) is 4.74 Å². The number of nitrogens with zero attached hydrogens (tertiary/aromatic N) is 2. The van der Waals surface area contributed by atoms with Gasteiger partial charge in [-0.25, -0.2) is 17.8 Å². The molecule has 54 heavy (non-hydrogen) atoms. The van der Waals surface area contributed by atoms with E-state index in [-0.39, 0.29) is 42.8 Å². The van der Waals surface area contributed by atoms with Gasteiger partial charge in [-0.05, 0) is 94.9 Å². The fourth-order valence-electron chi connectivity index (χ4n) is 8.45. The molecule has 288 valence electrons. The van der Waals surface area contributed by atoms with Crippen molar-refractivity contribution in [2.75, 3.05) is 6.54 Å². The molecule has 3 heterocycles. The summed E-state index contributed by atoms with van der Waals surface area (Å²) in [5, 5.41) is 0. The van der Waals surface area contributed by atoms with Crippen molar-refractivity contribution in [2.24, 2.45) is 17.3 Å². The topological polar surface area (TPSA) is 130 Å². The molecular formula is C42H52FN4O6S+. The van der Waals surface area contributed by atoms with Crippen LogP contribution in [0.2, 0.25) is 0 Å². The third kappa shape index (κ3) is 7.76. The first-order valence-electron chi connectivity index (χ1n) is 19.5. The molecule has 0 radical (unpaired) electrons. The number of aromatic nitrogens is 2. The fraction of sp³-hybridized carbons (Fsp3) is 0.524. The van der Waals surface area contributed by atoms with Crippen molar-refractivity contribution in [2.45, 2.75) is 115 Å². The van der Waals surface area contributed by atoms with Crippen LogP contribution in [0.15, 0.2) is 66.9 Å². The molecule has 3 aromatic rings. The molecule has 5 atom stereocenters. The van der Waals surface area contributed by atoms with Crippen LogP contribution in [-0.4, -0.2) is 59.3 Å². The van der Waals surface area contributed by atoms with Crippen LogP contribution in [-0.2, 0) is 37.4 Å². The Kier molecular flexibility index (Phi) is 10.6. The number of nitrogens with one attached hydrogen (secondary N) is 2. The molecule has 0 spiro atoms. The Hall–Kier alpha value is -4.32. The van der Waals surface area contributed by atoms with Gasteiger partial charge in [-0.2, -0.15) is 4.57 Å². The summed E-state index contributed by atoms with van der Waals surface area (Å²) in [6.45, 7) is 6.25. The molecule has 2 aliphatic carbocycles. The molecule has 10 nitrogen and oxygen atoms in total. The highest BCUT2D eigenvalue weighted by Crippen LogP contribution is 2.57. The molecule has 0 unspecified atom stereocenters. The van der Waals surface area contributed by atoms with Crippen LogP contribution in [0.5, 0.6) is 6.01 Å². The summed E-state index contributed by atoms with van der Waals surface area (Å²) in [7, 11) is -3.92. The van der Waals surface area contributed by atoms with Crippen LogP contribution in [0.25, 0.3) is 11.3 Å². The first kappa shape index (κ1) is 38.0. The molecule has 2 aliphatic heterocycles. The summed E-state index contributed by atoms with van der Waals surface area (Å²) in [5.74, 6) is -2.25. The average Bonchev–Trinajstić information content (AvgIpc) is 3.94. The van der Waals surface area contributed by atoms with E-state index in [1.165, 1.54) is 12.1 Å². The second kappa shape index (κ2) is 15.1. The molecule has 2 aromatic carbocycles. The number of carbonyl (C=O) groups is 3. The zero-order valence-electron chi connectivity index (χ0n) is 31.5. The van der Waals surface area contributed by atoms with Crippen LogP contribution in [0.3, 0.4) is 0 Å². The van der Waals surface area contributed by atoms with Crippen LogP contribution < -0.4 is 14.0 Å². The first-order chi connectivity index (χ1) is 25.8. The molecule has 1 saturated heterocycles. The number of Topliss-reactive ketones (excluding diaryl/α,β-unsaturated/α-hetero) is 1. The lowest BCUT2D eigenvalue weighted by molar-refractivity contribution is -0.687. The van der Waals surface area contributed by atoms with Gasteiger partial charge in [0.2, 0.25) is 21.8 Å². The number of benzene rings is 2. The number of ketones is 1. The molecule has 12 heteroatoms. The number of hydrogen-bond acceptors (Lipinski definition) is 6. The summed E-state index contributed by atoms with van der Waals surface area (Å²) in [4.78, 5) is 48.2. The van der Waals surface area contributed by atoms with E-state index in [2.05, 4.69) is 9.71 Å². The minimum atomic E-state index is -3.92. The SMILES string of the molecule is CC[n+]1c(-c2ccccc2)c[nH]c1O[C@@H]1C[C@H]2C(=O)C[C@]3(C(=O)NS(=O)(=O)C4(C)CC4)C[C@H]3/C=C\CCCCC[C@H](Cc3cc(C)cc(F)c3)C(=O)N2C1. The van der Waals surface area contributed by atoms with E-state index in [0.29, 0.717) is 44.7 Å². The number of H-pyrrole nitrogens is 1. The lowest BCUT2D eigenvalue weighted by atomic mass is 9.89. The smallest absolute Gasteiger partial charge is 0.426 e. The third-order valence-corrected chi connectivity index (χ3v) is 14.2. The van der Waals surface area contributed by atoms with Gasteiger partial charge < -0.3 is 9.64 Å². The van der Waals surface area contributed by atoms with Gasteiger partial charge in [0.15, 0.2) is 11.5 Å². The summed E-state index contributed by atoms with van der Waals surface area (Å²) in [6.07, 6.45) is 10.9. The zero-order chi connectivity index (χ0) is 38.3. The van der Waals surface area contributed by atoms with E-state index in [1.54, 1.807) is 11.8 Å². The van der Waals surface area contributed by atoms with Crippen LogP contribution in [0, 0.1) is 30.0 Å². The number of aryl methyl sites for hydroxylation is 1. The van der Waals surface area contributed by atoms with Crippen LogP contribution in [0.1, 0.15) is 89.2 Å². The summed E-state index contributed by atoms with van der Waals surface area (Å²) < 4.78 is 50.9. The zero-order valence-corrected chi connectivity index (χ0v) is 32.3. The second-order valence-electron chi connectivity index (χ2n) is 16.2. The van der Waals surface area contributed by atoms with Crippen molar-refractivity contribution < 1.29 is 36.5 Å². The maximum absolute atomic E-state index is 14.7. The Morgan fingerprint density at radius 2 is 1.89 bits per heavy atom. The number of aromatic amines is 1. The average molecular weight is 760 g/mol. The molecule has 3 fully saturated rings. The van der Waals surface area contributed by atoms with Gasteiger partial charge >= 0.3 is 6.01 Å². The lowest BCUT2D eigenvalue weighted by Crippen LogP contribution is -2.47. The monoisotopic (exact) mass is 759 g/mol. The van der Waals surface area contributed by atoms with Crippen molar-refractivity contribution in [3.05, 3.63) is 83.8 Å². The second-order valence-corrected chi connectivity index (χ2v) is 18.4. The minimum Gasteiger partial charge on any atom is -0.426 e. The van der Waals surface area contributed by atoms with Crippen molar-refractivity contribution >= 4 is 27.6 Å². The number of imidazole rings is 1. The summed E-state index contributed by atoms with van der Waals surface area (Å²) in [5.41, 5.74) is 2.24. The molecule has 1 aromatic heterocycles. The Bertz CT molecular complexity index is 2020. The quantitative estimate of drug-likeness (QED) is 0.200. The molecular weight excluding hydrogens is 708 g/mol. The number of allylic oxidation sites excluding steroid dienone is 2. The largest absolute Gasteiger partial charge is 0.454 e. The van der Waals surface area contributed by atoms with E-state index >= 15 is 0 Å². The number of carbonyl (C=O) groups excluding carboxylic acids is 3. The summed E-state index contributed by atoms with van der Waals surface area (Å²) in [6, 6.07) is 14.4. The van der Waals surface area contributed by atoms with E-state index in [0.717, 1.165) is 48.1 Å². The third-order valence-electron chi connectivity index (χ3n) is 12.1. The van der Waals surface area contributed by atoms with E-state index in [1.807, 2.05) is 73.2 Å². The molecule has 2 saturated carbocycles. The van der Waals surface area contributed by atoms with Crippen LogP contribution in [0.4, 0.5) is 4.39 Å². The van der Waals surface area contributed by atoms with Gasteiger partial charge in [0.05, 0.1) is 29.3 Å². The normalized spacial score (nSPS) is 27.6. The Balaban J connectivity index is 1.20. The predicted octanol–water partition coefficient (Wildman–Crippen LogP) is 6.13. The van der Waals surface area contributed by atoms with Crippen molar-refractivity contribution in [3.8, 4) is 17.3 Å². The molecule has 0 bridgehead atoms. The van der Waals surface area contributed by atoms with Crippen LogP contribution >= 0.6 is 0 Å². The highest BCUT2D eigenvalue weighted by molar-refractivity contribution is 7.91. The highest BCUT2D eigenvalue weighted by Gasteiger charge is 2.62. The van der Waals surface area contributed by atoms with E-state index < -0.39 is 44.2 Å².